The zero-order valence-electron chi connectivity index (χ0n) is 9.08. The van der Waals surface area contributed by atoms with Gasteiger partial charge in [0.05, 0.1) is 16.8 Å². The number of nitro groups is 1. The Morgan fingerprint density at radius 2 is 2.26 bits per heavy atom. The first-order chi connectivity index (χ1) is 9.04. The summed E-state index contributed by atoms with van der Waals surface area (Å²) in [4.78, 5) is 14.9. The second-order valence-corrected chi connectivity index (χ2v) is 5.86. The second-order valence-electron chi connectivity index (χ2n) is 3.63. The number of rotatable bonds is 2. The Hall–Kier alpha value is -1.87. The maximum Gasteiger partial charge on any atom is 0.305 e. The average Bonchev–Trinajstić information content (AvgIpc) is 2.86. The number of hydrogen-bond acceptors (Lipinski definition) is 5. The van der Waals surface area contributed by atoms with Crippen molar-refractivity contribution in [2.24, 2.45) is 0 Å². The number of fused-ring (bicyclic) bond motifs is 1. The molecule has 0 saturated carbocycles. The van der Waals surface area contributed by atoms with Crippen LogP contribution in [0.2, 0.25) is 0 Å². The summed E-state index contributed by atoms with van der Waals surface area (Å²) in [6.45, 7) is 0. The van der Waals surface area contributed by atoms with Crippen molar-refractivity contribution >= 4 is 37.9 Å². The van der Waals surface area contributed by atoms with Gasteiger partial charge in [-0.1, -0.05) is 11.3 Å². The van der Waals surface area contributed by atoms with E-state index in [0.29, 0.717) is 20.1 Å². The zero-order valence-corrected chi connectivity index (χ0v) is 11.5. The molecule has 6 nitrogen and oxygen atoms in total. The van der Waals surface area contributed by atoms with Gasteiger partial charge in [-0.25, -0.2) is 9.50 Å². The molecule has 96 valence electrons. The summed E-state index contributed by atoms with van der Waals surface area (Å²) in [7, 11) is 0. The molecule has 0 fully saturated rings. The zero-order chi connectivity index (χ0) is 13.6. The van der Waals surface area contributed by atoms with Crippen LogP contribution in [0.1, 0.15) is 0 Å². The van der Waals surface area contributed by atoms with Gasteiger partial charge in [-0.05, 0) is 28.1 Å². The average molecular weight is 343 g/mol. The molecule has 0 aliphatic rings. The molecule has 0 aliphatic heterocycles. The van der Waals surface area contributed by atoms with E-state index in [4.69, 9.17) is 0 Å². The highest BCUT2D eigenvalue weighted by Gasteiger charge is 2.17. The van der Waals surface area contributed by atoms with Crippen molar-refractivity contribution in [3.63, 3.8) is 0 Å². The fraction of sp³-hybridized carbons (Fsp3) is 0. The first-order valence-electron chi connectivity index (χ1n) is 5.00. The third-order valence-corrected chi connectivity index (χ3v) is 3.81. The Morgan fingerprint density at radius 1 is 1.47 bits per heavy atom. The molecule has 0 radical (unpaired) electrons. The highest BCUT2D eigenvalue weighted by atomic mass is 79.9. The largest absolute Gasteiger partial charge is 0.305 e. The van der Waals surface area contributed by atoms with Crippen molar-refractivity contribution in [2.45, 2.75) is 0 Å². The third-order valence-electron chi connectivity index (χ3n) is 2.46. The second kappa shape index (κ2) is 4.35. The van der Waals surface area contributed by atoms with Crippen molar-refractivity contribution in [1.82, 2.24) is 14.6 Å². The third kappa shape index (κ3) is 2.10. The number of nitro benzene ring substituents is 1. The molecule has 0 spiro atoms. The Labute approximate surface area is 117 Å². The van der Waals surface area contributed by atoms with Crippen LogP contribution in [0.25, 0.3) is 16.2 Å². The molecule has 0 bridgehead atoms. The van der Waals surface area contributed by atoms with Crippen molar-refractivity contribution < 1.29 is 9.31 Å². The first kappa shape index (κ1) is 12.2. The highest BCUT2D eigenvalue weighted by Crippen LogP contribution is 2.28. The lowest BCUT2D eigenvalue weighted by Gasteiger charge is -1.97. The van der Waals surface area contributed by atoms with Gasteiger partial charge in [0.2, 0.25) is 10.8 Å². The summed E-state index contributed by atoms with van der Waals surface area (Å²) in [5.41, 5.74) is 0.416. The summed E-state index contributed by atoms with van der Waals surface area (Å²) in [5, 5.41) is 14.8. The molecule has 0 N–H and O–H groups in total. The fourth-order valence-corrected chi connectivity index (χ4v) is 2.84. The molecule has 1 aromatic carbocycles. The van der Waals surface area contributed by atoms with E-state index in [2.05, 4.69) is 26.0 Å². The van der Waals surface area contributed by atoms with Gasteiger partial charge in [-0.3, -0.25) is 10.1 Å². The van der Waals surface area contributed by atoms with Crippen LogP contribution in [0.3, 0.4) is 0 Å². The van der Waals surface area contributed by atoms with E-state index >= 15 is 0 Å². The van der Waals surface area contributed by atoms with E-state index < -0.39 is 16.4 Å². The molecule has 2 aromatic heterocycles. The highest BCUT2D eigenvalue weighted by molar-refractivity contribution is 9.11. The van der Waals surface area contributed by atoms with E-state index in [-0.39, 0.29) is 0 Å². The van der Waals surface area contributed by atoms with E-state index in [1.165, 1.54) is 17.4 Å². The first-order valence-corrected chi connectivity index (χ1v) is 6.61. The minimum absolute atomic E-state index is 0.474. The minimum atomic E-state index is -0.865. The van der Waals surface area contributed by atoms with Gasteiger partial charge in [0.15, 0.2) is 3.92 Å². The number of aromatic nitrogens is 3. The van der Waals surface area contributed by atoms with Crippen LogP contribution < -0.4 is 0 Å². The van der Waals surface area contributed by atoms with Gasteiger partial charge >= 0.3 is 5.69 Å². The van der Waals surface area contributed by atoms with Crippen molar-refractivity contribution in [3.8, 4) is 11.3 Å². The van der Waals surface area contributed by atoms with Crippen LogP contribution in [-0.2, 0) is 0 Å². The van der Waals surface area contributed by atoms with Crippen molar-refractivity contribution in [2.75, 3.05) is 0 Å². The molecule has 3 rings (SSSR count). The van der Waals surface area contributed by atoms with Gasteiger partial charge in [0.1, 0.15) is 0 Å². The van der Waals surface area contributed by atoms with Crippen molar-refractivity contribution in [3.05, 3.63) is 44.2 Å². The lowest BCUT2D eigenvalue weighted by molar-refractivity contribution is -0.387. The molecule has 0 aliphatic carbocycles. The molecule has 19 heavy (non-hydrogen) atoms. The topological polar surface area (TPSA) is 73.3 Å². The maximum absolute atomic E-state index is 13.2. The summed E-state index contributed by atoms with van der Waals surface area (Å²) < 4.78 is 15.5. The summed E-state index contributed by atoms with van der Waals surface area (Å²) in [6, 6.07) is 3.67. The van der Waals surface area contributed by atoms with Crippen LogP contribution in [0.4, 0.5) is 10.1 Å². The number of nitrogens with zero attached hydrogens (tertiary/aromatic N) is 4. The van der Waals surface area contributed by atoms with E-state index in [1.807, 2.05) is 0 Å². The van der Waals surface area contributed by atoms with Crippen LogP contribution in [0, 0.1) is 15.9 Å². The maximum atomic E-state index is 13.2. The molecular weight excluding hydrogens is 339 g/mol. The van der Waals surface area contributed by atoms with Gasteiger partial charge in [-0.2, -0.15) is 4.39 Å². The Balaban J connectivity index is 2.12. The normalized spacial score (nSPS) is 11.1. The Kier molecular flexibility index (Phi) is 2.79. The summed E-state index contributed by atoms with van der Waals surface area (Å²) in [5.74, 6) is -0.865. The standard InChI is InChI=1S/C10H4BrFN4O2S/c11-9-14-15-4-7(13-10(15)19-9)5-1-2-6(12)8(3-5)16(17)18/h1-4H. The molecule has 0 saturated heterocycles. The van der Waals surface area contributed by atoms with Crippen molar-refractivity contribution in [1.29, 1.82) is 0 Å². The Morgan fingerprint density at radius 3 is 2.95 bits per heavy atom. The van der Waals surface area contributed by atoms with Crippen LogP contribution in [0.15, 0.2) is 28.3 Å². The van der Waals surface area contributed by atoms with Gasteiger partial charge in [0.25, 0.3) is 0 Å². The quantitative estimate of drug-likeness (QED) is 0.529. The van der Waals surface area contributed by atoms with Crippen LogP contribution in [0.5, 0.6) is 0 Å². The predicted octanol–water partition coefficient (Wildman–Crippen LogP) is 3.27. The number of hydrogen-bond donors (Lipinski definition) is 0. The molecule has 9 heteroatoms. The van der Waals surface area contributed by atoms with Gasteiger partial charge in [-0.15, -0.1) is 5.10 Å². The fourth-order valence-electron chi connectivity index (χ4n) is 1.63. The molecule has 2 heterocycles. The summed E-state index contributed by atoms with van der Waals surface area (Å²) in [6.07, 6.45) is 1.63. The Bertz CT molecular complexity index is 769. The number of halogens is 2. The molecule has 0 unspecified atom stereocenters. The van der Waals surface area contributed by atoms with Gasteiger partial charge < -0.3 is 0 Å². The molecule has 0 amide bonds. The predicted molar refractivity (Wildman–Crippen MR) is 70.6 cm³/mol. The molecular formula is C10H4BrFN4O2S. The smallest absolute Gasteiger partial charge is 0.258 e. The van der Waals surface area contributed by atoms with Crippen LogP contribution >= 0.6 is 27.3 Å². The molecule has 3 aromatic rings. The van der Waals surface area contributed by atoms with E-state index in [0.717, 1.165) is 12.1 Å². The monoisotopic (exact) mass is 342 g/mol. The number of imidazole rings is 1. The van der Waals surface area contributed by atoms with Gasteiger partial charge in [0, 0.05) is 11.6 Å². The van der Waals surface area contributed by atoms with Crippen LogP contribution in [-0.4, -0.2) is 19.5 Å². The summed E-state index contributed by atoms with van der Waals surface area (Å²) >= 11 is 4.56. The number of benzene rings is 1. The molecule has 0 atom stereocenters. The van der Waals surface area contributed by atoms with E-state index in [9.17, 15) is 14.5 Å². The van der Waals surface area contributed by atoms with E-state index in [1.54, 1.807) is 10.7 Å². The SMILES string of the molecule is O=[N+]([O-])c1cc(-c2cn3nc(Br)sc3n2)ccc1F. The lowest BCUT2D eigenvalue weighted by Crippen LogP contribution is -1.92. The lowest BCUT2D eigenvalue weighted by atomic mass is 10.1. The minimum Gasteiger partial charge on any atom is -0.258 e.